The molecule has 1 aromatic heterocycles. The summed E-state index contributed by atoms with van der Waals surface area (Å²) >= 11 is 11.2. The Bertz CT molecular complexity index is 254. The molecule has 0 spiro atoms. The number of ether oxygens (including phenoxy) is 1. The Balaban J connectivity index is 0. The van der Waals surface area contributed by atoms with Crippen molar-refractivity contribution in [2.24, 2.45) is 0 Å². The zero-order valence-electron chi connectivity index (χ0n) is 9.97. The van der Waals surface area contributed by atoms with Crippen LogP contribution in [0.4, 0.5) is 0 Å². The zero-order chi connectivity index (χ0) is 12.3. The molecule has 0 N–H and O–H groups in total. The first kappa shape index (κ1) is 16.9. The van der Waals surface area contributed by atoms with E-state index in [1.807, 2.05) is 13.8 Å². The van der Waals surface area contributed by atoms with Crippen LogP contribution in [0.15, 0.2) is 12.3 Å². The third-order valence-corrected chi connectivity index (χ3v) is 1.51. The molecular weight excluding hydrogens is 233 g/mol. The van der Waals surface area contributed by atoms with E-state index in [0.717, 1.165) is 0 Å². The van der Waals surface area contributed by atoms with Crippen molar-refractivity contribution in [3.05, 3.63) is 22.4 Å². The lowest BCUT2D eigenvalue weighted by molar-refractivity contribution is 0.413. The summed E-state index contributed by atoms with van der Waals surface area (Å²) in [6.07, 6.45) is 2.73. The van der Waals surface area contributed by atoms with Crippen LogP contribution in [-0.2, 0) is 0 Å². The minimum Gasteiger partial charge on any atom is -0.494 e. The standard InChI is InChI=1S/C6H5Cl2NO.C3H8.C2H6/c1-10-5-3-9-6(8)2-4(5)7;1-3-2;1-2/h2-3H,1H3;3H2,1-2H3;1-2H3. The van der Waals surface area contributed by atoms with E-state index in [1.54, 1.807) is 0 Å². The van der Waals surface area contributed by atoms with Crippen LogP contribution < -0.4 is 4.74 Å². The fraction of sp³-hybridized carbons (Fsp3) is 0.545. The van der Waals surface area contributed by atoms with E-state index in [2.05, 4.69) is 18.8 Å². The van der Waals surface area contributed by atoms with Gasteiger partial charge in [-0.15, -0.1) is 0 Å². The summed E-state index contributed by atoms with van der Waals surface area (Å²) in [5.74, 6) is 0.533. The first-order chi connectivity index (χ1) is 7.15. The average Bonchev–Trinajstić information content (AvgIpc) is 2.22. The number of aromatic nitrogens is 1. The predicted octanol–water partition coefficient (Wildman–Crippen LogP) is 4.84. The highest BCUT2D eigenvalue weighted by atomic mass is 35.5. The van der Waals surface area contributed by atoms with E-state index in [4.69, 9.17) is 27.9 Å². The molecule has 88 valence electrons. The molecule has 2 nitrogen and oxygen atoms in total. The van der Waals surface area contributed by atoms with Crippen molar-refractivity contribution in [2.75, 3.05) is 7.11 Å². The van der Waals surface area contributed by atoms with Crippen molar-refractivity contribution >= 4 is 23.2 Å². The van der Waals surface area contributed by atoms with Gasteiger partial charge in [0.05, 0.1) is 18.3 Å². The molecule has 0 unspecified atom stereocenters. The second-order valence-corrected chi connectivity index (χ2v) is 3.14. The molecule has 0 saturated carbocycles. The smallest absolute Gasteiger partial charge is 0.155 e. The molecule has 0 aromatic carbocycles. The van der Waals surface area contributed by atoms with Gasteiger partial charge in [0.25, 0.3) is 0 Å². The van der Waals surface area contributed by atoms with Crippen LogP contribution >= 0.6 is 23.2 Å². The Morgan fingerprint density at radius 3 is 2.07 bits per heavy atom. The van der Waals surface area contributed by atoms with Gasteiger partial charge in [0.15, 0.2) is 5.75 Å². The first-order valence-corrected chi connectivity index (χ1v) is 5.76. The molecule has 0 saturated heterocycles. The number of nitrogens with zero attached hydrogens (tertiary/aromatic N) is 1. The van der Waals surface area contributed by atoms with Gasteiger partial charge in [-0.05, 0) is 6.07 Å². The number of pyridine rings is 1. The summed E-state index contributed by atoms with van der Waals surface area (Å²) in [6, 6.07) is 1.53. The second-order valence-electron chi connectivity index (χ2n) is 2.35. The zero-order valence-corrected chi connectivity index (χ0v) is 11.5. The van der Waals surface area contributed by atoms with Crippen molar-refractivity contribution in [1.82, 2.24) is 4.98 Å². The van der Waals surface area contributed by atoms with Gasteiger partial charge in [-0.1, -0.05) is 57.3 Å². The van der Waals surface area contributed by atoms with E-state index in [-0.39, 0.29) is 0 Å². The molecule has 4 heteroatoms. The van der Waals surface area contributed by atoms with Crippen LogP contribution in [0.25, 0.3) is 0 Å². The lowest BCUT2D eigenvalue weighted by Gasteiger charge is -1.99. The quantitative estimate of drug-likeness (QED) is 0.667. The van der Waals surface area contributed by atoms with E-state index in [1.165, 1.54) is 25.8 Å². The number of hydrogen-bond acceptors (Lipinski definition) is 2. The number of methoxy groups -OCH3 is 1. The summed E-state index contributed by atoms with van der Waals surface area (Å²) in [5, 5.41) is 0.841. The maximum absolute atomic E-state index is 5.68. The minimum atomic E-state index is 0.366. The van der Waals surface area contributed by atoms with Crippen molar-refractivity contribution in [1.29, 1.82) is 0 Å². The summed E-state index contributed by atoms with van der Waals surface area (Å²) in [4.78, 5) is 3.77. The molecule has 0 fully saturated rings. The molecule has 0 radical (unpaired) electrons. The largest absolute Gasteiger partial charge is 0.494 e. The predicted molar refractivity (Wildman–Crippen MR) is 68.1 cm³/mol. The molecular formula is C11H19Cl2NO. The molecule has 15 heavy (non-hydrogen) atoms. The fourth-order valence-electron chi connectivity index (χ4n) is 0.545. The van der Waals surface area contributed by atoms with Crippen molar-refractivity contribution < 1.29 is 4.74 Å². The van der Waals surface area contributed by atoms with Crippen molar-refractivity contribution in [3.63, 3.8) is 0 Å². The van der Waals surface area contributed by atoms with Crippen molar-refractivity contribution in [2.45, 2.75) is 34.1 Å². The van der Waals surface area contributed by atoms with E-state index in [0.29, 0.717) is 15.9 Å². The van der Waals surface area contributed by atoms with E-state index >= 15 is 0 Å². The third-order valence-electron chi connectivity index (χ3n) is 1.01. The fourth-order valence-corrected chi connectivity index (χ4v) is 0.988. The third kappa shape index (κ3) is 8.52. The van der Waals surface area contributed by atoms with Crippen LogP contribution in [0.1, 0.15) is 34.1 Å². The Kier molecular flexibility index (Phi) is 13.1. The maximum Gasteiger partial charge on any atom is 0.155 e. The number of hydrogen-bond donors (Lipinski definition) is 0. The maximum atomic E-state index is 5.68. The van der Waals surface area contributed by atoms with Gasteiger partial charge >= 0.3 is 0 Å². The molecule has 1 aromatic rings. The van der Waals surface area contributed by atoms with Gasteiger partial charge in [0.1, 0.15) is 5.15 Å². The number of rotatable bonds is 1. The van der Waals surface area contributed by atoms with Gasteiger partial charge < -0.3 is 4.74 Å². The molecule has 1 heterocycles. The summed E-state index contributed by atoms with van der Waals surface area (Å²) in [5.41, 5.74) is 0. The monoisotopic (exact) mass is 251 g/mol. The van der Waals surface area contributed by atoms with Gasteiger partial charge in [0, 0.05) is 0 Å². The van der Waals surface area contributed by atoms with Gasteiger partial charge in [0.2, 0.25) is 0 Å². The summed E-state index contributed by atoms with van der Waals surface area (Å²) < 4.78 is 4.85. The molecule has 0 bridgehead atoms. The second kappa shape index (κ2) is 11.6. The molecule has 0 aliphatic heterocycles. The Labute approximate surface area is 103 Å². The Morgan fingerprint density at radius 1 is 1.27 bits per heavy atom. The molecule has 0 aliphatic carbocycles. The van der Waals surface area contributed by atoms with Crippen molar-refractivity contribution in [3.8, 4) is 5.75 Å². The summed E-state index contributed by atoms with van der Waals surface area (Å²) in [7, 11) is 1.52. The lowest BCUT2D eigenvalue weighted by Crippen LogP contribution is -1.85. The Morgan fingerprint density at radius 2 is 1.73 bits per heavy atom. The van der Waals surface area contributed by atoms with Crippen LogP contribution in [0, 0.1) is 0 Å². The van der Waals surface area contributed by atoms with Gasteiger partial charge in [-0.3, -0.25) is 0 Å². The average molecular weight is 252 g/mol. The molecule has 0 aliphatic rings. The summed E-state index contributed by atoms with van der Waals surface area (Å²) in [6.45, 7) is 8.25. The van der Waals surface area contributed by atoms with Gasteiger partial charge in [-0.2, -0.15) is 0 Å². The normalized spacial score (nSPS) is 7.93. The van der Waals surface area contributed by atoms with Crippen LogP contribution in [0.2, 0.25) is 10.2 Å². The van der Waals surface area contributed by atoms with E-state index in [9.17, 15) is 0 Å². The minimum absolute atomic E-state index is 0.366. The van der Waals surface area contributed by atoms with E-state index < -0.39 is 0 Å². The highest BCUT2D eigenvalue weighted by Crippen LogP contribution is 2.24. The SMILES string of the molecule is CC.CCC.COc1cnc(Cl)cc1Cl. The molecule has 1 rings (SSSR count). The highest BCUT2D eigenvalue weighted by Gasteiger charge is 1.99. The highest BCUT2D eigenvalue weighted by molar-refractivity contribution is 6.34. The number of halogens is 2. The lowest BCUT2D eigenvalue weighted by atomic mass is 10.5. The van der Waals surface area contributed by atoms with Crippen LogP contribution in [-0.4, -0.2) is 12.1 Å². The molecule has 0 amide bonds. The topological polar surface area (TPSA) is 22.1 Å². The Hall–Kier alpha value is -0.470. The van der Waals surface area contributed by atoms with Crippen LogP contribution in [0.5, 0.6) is 5.75 Å². The van der Waals surface area contributed by atoms with Gasteiger partial charge in [-0.25, -0.2) is 4.98 Å². The molecule has 0 atom stereocenters. The van der Waals surface area contributed by atoms with Crippen LogP contribution in [0.3, 0.4) is 0 Å². The first-order valence-electron chi connectivity index (χ1n) is 5.00.